The lowest BCUT2D eigenvalue weighted by molar-refractivity contribution is -0.119. The van der Waals surface area contributed by atoms with Gasteiger partial charge in [-0.3, -0.25) is 5.21 Å². The Morgan fingerprint density at radius 3 is 3.22 bits per heavy atom. The van der Waals surface area contributed by atoms with E-state index in [1.807, 2.05) is 0 Å². The van der Waals surface area contributed by atoms with E-state index in [9.17, 15) is 4.79 Å². The monoisotopic (exact) mass is 131 g/mol. The molecule has 52 valence electrons. The summed E-state index contributed by atoms with van der Waals surface area (Å²) in [7, 11) is 0. The fourth-order valence-corrected chi connectivity index (χ4v) is 0.643. The molecule has 2 amide bonds. The minimum absolute atomic E-state index is 0.352. The van der Waals surface area contributed by atoms with Crippen LogP contribution < -0.4 is 10.7 Å². The minimum atomic E-state index is -0.352. The van der Waals surface area contributed by atoms with E-state index >= 15 is 0 Å². The molecule has 9 heavy (non-hydrogen) atoms. The molecule has 1 fully saturated rings. The lowest BCUT2D eigenvalue weighted by Gasteiger charge is -2.09. The van der Waals surface area contributed by atoms with E-state index in [0.717, 1.165) is 11.6 Å². The van der Waals surface area contributed by atoms with Crippen LogP contribution >= 0.6 is 0 Å². The maximum absolute atomic E-state index is 10.5. The lowest BCUT2D eigenvalue weighted by Crippen LogP contribution is -2.42. The van der Waals surface area contributed by atoms with Crippen molar-refractivity contribution in [1.29, 1.82) is 0 Å². The van der Waals surface area contributed by atoms with E-state index in [4.69, 9.17) is 5.21 Å². The summed E-state index contributed by atoms with van der Waals surface area (Å²) in [5.74, 6) is 0. The van der Waals surface area contributed by atoms with E-state index in [2.05, 4.69) is 10.7 Å². The first kappa shape index (κ1) is 6.31. The number of nitrogens with zero attached hydrogens (tertiary/aromatic N) is 1. The topological polar surface area (TPSA) is 64.6 Å². The van der Waals surface area contributed by atoms with Crippen molar-refractivity contribution in [3.05, 3.63) is 0 Å². The molecule has 0 radical (unpaired) electrons. The van der Waals surface area contributed by atoms with Gasteiger partial charge in [0.15, 0.2) is 0 Å². The van der Waals surface area contributed by atoms with Crippen molar-refractivity contribution < 1.29 is 10.0 Å². The van der Waals surface area contributed by atoms with Crippen molar-refractivity contribution in [2.45, 2.75) is 6.42 Å². The highest BCUT2D eigenvalue weighted by molar-refractivity contribution is 5.73. The molecular weight excluding hydrogens is 122 g/mol. The van der Waals surface area contributed by atoms with E-state index in [1.54, 1.807) is 0 Å². The van der Waals surface area contributed by atoms with Crippen LogP contribution in [-0.2, 0) is 0 Å². The van der Waals surface area contributed by atoms with Gasteiger partial charge < -0.3 is 5.32 Å². The standard InChI is InChI=1S/C4H9N3O2/c8-4-5-2-1-3-7(9)6-4/h9H,1-3H2,(H2,5,6,8). The lowest BCUT2D eigenvalue weighted by atomic mass is 10.4. The van der Waals surface area contributed by atoms with Crippen LogP contribution in [0.5, 0.6) is 0 Å². The number of hydrogen-bond acceptors (Lipinski definition) is 3. The largest absolute Gasteiger partial charge is 0.337 e. The summed E-state index contributed by atoms with van der Waals surface area (Å²) in [6.45, 7) is 1.08. The molecule has 0 aromatic heterocycles. The molecule has 3 N–H and O–H groups in total. The Kier molecular flexibility index (Phi) is 1.86. The maximum atomic E-state index is 10.5. The van der Waals surface area contributed by atoms with Gasteiger partial charge in [0, 0.05) is 13.1 Å². The van der Waals surface area contributed by atoms with Gasteiger partial charge in [-0.25, -0.2) is 10.2 Å². The summed E-state index contributed by atoms with van der Waals surface area (Å²) < 4.78 is 0. The number of nitrogens with one attached hydrogen (secondary N) is 2. The number of amides is 2. The van der Waals surface area contributed by atoms with Crippen molar-refractivity contribution in [3.63, 3.8) is 0 Å². The van der Waals surface area contributed by atoms with Gasteiger partial charge in [0.1, 0.15) is 0 Å². The van der Waals surface area contributed by atoms with Crippen molar-refractivity contribution in [1.82, 2.24) is 15.9 Å². The van der Waals surface area contributed by atoms with Crippen LogP contribution in [0.1, 0.15) is 6.42 Å². The smallest absolute Gasteiger partial charge is 0.331 e. The average Bonchev–Trinajstić information content (AvgIpc) is 1.93. The Morgan fingerprint density at radius 1 is 1.67 bits per heavy atom. The number of rotatable bonds is 0. The van der Waals surface area contributed by atoms with Crippen molar-refractivity contribution >= 4 is 6.03 Å². The summed E-state index contributed by atoms with van der Waals surface area (Å²) in [5.41, 5.74) is 2.18. The van der Waals surface area contributed by atoms with E-state index in [-0.39, 0.29) is 6.03 Å². The molecule has 1 aliphatic rings. The van der Waals surface area contributed by atoms with Gasteiger partial charge in [-0.05, 0) is 6.42 Å². The molecule has 1 saturated heterocycles. The second kappa shape index (κ2) is 2.65. The molecule has 0 spiro atoms. The Morgan fingerprint density at radius 2 is 2.44 bits per heavy atom. The second-order valence-electron chi connectivity index (χ2n) is 1.84. The minimum Gasteiger partial charge on any atom is -0.337 e. The number of carbonyl (C=O) groups excluding carboxylic acids is 1. The normalized spacial score (nSPS) is 22.1. The van der Waals surface area contributed by atoms with Crippen LogP contribution in [0, 0.1) is 0 Å². The zero-order valence-corrected chi connectivity index (χ0v) is 4.92. The molecular formula is C4H9N3O2. The number of carbonyl (C=O) groups is 1. The number of hydrogen-bond donors (Lipinski definition) is 3. The first-order chi connectivity index (χ1) is 4.29. The zero-order valence-electron chi connectivity index (χ0n) is 4.92. The van der Waals surface area contributed by atoms with Gasteiger partial charge >= 0.3 is 6.03 Å². The molecule has 0 saturated carbocycles. The highest BCUT2D eigenvalue weighted by Gasteiger charge is 2.08. The summed E-state index contributed by atoms with van der Waals surface area (Å²) >= 11 is 0. The Hall–Kier alpha value is -0.810. The van der Waals surface area contributed by atoms with Crippen LogP contribution in [0.15, 0.2) is 0 Å². The Balaban J connectivity index is 2.37. The van der Waals surface area contributed by atoms with Gasteiger partial charge in [-0.1, -0.05) is 0 Å². The summed E-state index contributed by atoms with van der Waals surface area (Å²) in [5, 5.41) is 12.0. The number of hydrazine groups is 1. The second-order valence-corrected chi connectivity index (χ2v) is 1.84. The predicted octanol–water partition coefficient (Wildman–Crippen LogP) is -0.704. The van der Waals surface area contributed by atoms with Crippen molar-refractivity contribution in [2.24, 2.45) is 0 Å². The third kappa shape index (κ3) is 1.87. The maximum Gasteiger partial charge on any atom is 0.331 e. The molecule has 0 aliphatic carbocycles. The van der Waals surface area contributed by atoms with E-state index in [1.165, 1.54) is 0 Å². The van der Waals surface area contributed by atoms with Gasteiger partial charge in [-0.2, -0.15) is 0 Å². The molecule has 1 heterocycles. The third-order valence-electron chi connectivity index (χ3n) is 1.06. The van der Waals surface area contributed by atoms with Crippen LogP contribution in [0.25, 0.3) is 0 Å². The Bertz CT molecular complexity index is 116. The first-order valence-corrected chi connectivity index (χ1v) is 2.80. The van der Waals surface area contributed by atoms with Gasteiger partial charge in [0.2, 0.25) is 0 Å². The fourth-order valence-electron chi connectivity index (χ4n) is 0.643. The molecule has 0 unspecified atom stereocenters. The molecule has 0 bridgehead atoms. The fraction of sp³-hybridized carbons (Fsp3) is 0.750. The van der Waals surface area contributed by atoms with Crippen molar-refractivity contribution in [3.8, 4) is 0 Å². The van der Waals surface area contributed by atoms with E-state index in [0.29, 0.717) is 13.1 Å². The highest BCUT2D eigenvalue weighted by Crippen LogP contribution is 1.85. The first-order valence-electron chi connectivity index (χ1n) is 2.80. The quantitative estimate of drug-likeness (QED) is 0.407. The summed E-state index contributed by atoms with van der Waals surface area (Å²) in [6, 6.07) is -0.352. The molecule has 0 atom stereocenters. The average molecular weight is 131 g/mol. The van der Waals surface area contributed by atoms with Crippen LogP contribution in [0.4, 0.5) is 4.79 Å². The Labute approximate surface area is 52.6 Å². The van der Waals surface area contributed by atoms with Crippen LogP contribution in [-0.4, -0.2) is 29.5 Å². The van der Waals surface area contributed by atoms with Crippen LogP contribution in [0.3, 0.4) is 0 Å². The molecule has 1 rings (SSSR count). The predicted molar refractivity (Wildman–Crippen MR) is 29.6 cm³/mol. The van der Waals surface area contributed by atoms with Crippen LogP contribution in [0.2, 0.25) is 0 Å². The molecule has 0 aromatic rings. The van der Waals surface area contributed by atoms with Gasteiger partial charge in [-0.15, -0.1) is 5.17 Å². The number of hydroxylamine groups is 1. The molecule has 0 aromatic carbocycles. The number of urea groups is 1. The molecule has 1 aliphatic heterocycles. The van der Waals surface area contributed by atoms with Gasteiger partial charge in [0.05, 0.1) is 0 Å². The van der Waals surface area contributed by atoms with Gasteiger partial charge in [0.25, 0.3) is 0 Å². The highest BCUT2D eigenvalue weighted by atomic mass is 16.5. The summed E-state index contributed by atoms with van der Waals surface area (Å²) in [4.78, 5) is 10.5. The molecule has 5 heteroatoms. The van der Waals surface area contributed by atoms with E-state index < -0.39 is 0 Å². The van der Waals surface area contributed by atoms with Crippen molar-refractivity contribution in [2.75, 3.05) is 13.1 Å². The SMILES string of the molecule is O=C1NCCCN(O)N1. The third-order valence-corrected chi connectivity index (χ3v) is 1.06. The zero-order chi connectivity index (χ0) is 6.69. The molecule has 5 nitrogen and oxygen atoms in total. The summed E-state index contributed by atoms with van der Waals surface area (Å²) in [6.07, 6.45) is 0.759.